The zero-order chi connectivity index (χ0) is 14.0. The van der Waals surface area contributed by atoms with Crippen LogP contribution in [0.3, 0.4) is 0 Å². The number of benzene rings is 1. The second-order valence-electron chi connectivity index (χ2n) is 5.58. The van der Waals surface area contributed by atoms with Crippen LogP contribution in [0, 0.1) is 5.82 Å². The van der Waals surface area contributed by atoms with Crippen molar-refractivity contribution in [3.05, 3.63) is 39.2 Å². The first-order valence-electron chi connectivity index (χ1n) is 6.62. The van der Waals surface area contributed by atoms with Crippen molar-refractivity contribution in [1.29, 1.82) is 0 Å². The summed E-state index contributed by atoms with van der Waals surface area (Å²) >= 11 is 3.30. The lowest BCUT2D eigenvalue weighted by Gasteiger charge is -2.18. The van der Waals surface area contributed by atoms with Gasteiger partial charge in [0.05, 0.1) is 11.1 Å². The van der Waals surface area contributed by atoms with Crippen LogP contribution in [-0.2, 0) is 0 Å². The number of aromatic carboxylic acids is 1. The summed E-state index contributed by atoms with van der Waals surface area (Å²) in [4.78, 5) is 16.4. The summed E-state index contributed by atoms with van der Waals surface area (Å²) < 4.78 is 14.1. The highest BCUT2D eigenvalue weighted by molar-refractivity contribution is 9.10. The molecule has 3 nitrogen and oxygen atoms in total. The first-order chi connectivity index (χ1) is 9.56. The van der Waals surface area contributed by atoms with Crippen LogP contribution in [0.1, 0.15) is 52.7 Å². The molecule has 1 fully saturated rings. The molecule has 102 valence electrons. The number of carboxylic acid groups (broad SMARTS) is 1. The Labute approximate surface area is 122 Å². The molecule has 2 aromatic rings. The standard InChI is InChI=1S/C15H11BrFNO2/c16-10-5-8(17)4-9-12(15(19)20)11-6-1-2-7(3-6)13(11)18-14(9)10/h4-7H,1-3H2,(H,19,20). The molecule has 20 heavy (non-hydrogen) atoms. The van der Waals surface area contributed by atoms with Crippen LogP contribution < -0.4 is 0 Å². The van der Waals surface area contributed by atoms with E-state index in [-0.39, 0.29) is 11.5 Å². The zero-order valence-corrected chi connectivity index (χ0v) is 12.1. The van der Waals surface area contributed by atoms with Crippen molar-refractivity contribution in [1.82, 2.24) is 4.98 Å². The summed E-state index contributed by atoms with van der Waals surface area (Å²) in [6.07, 6.45) is 3.08. The van der Waals surface area contributed by atoms with Gasteiger partial charge in [0.25, 0.3) is 0 Å². The van der Waals surface area contributed by atoms with Gasteiger partial charge in [0.1, 0.15) is 5.82 Å². The number of carboxylic acids is 1. The third-order valence-electron chi connectivity index (χ3n) is 4.52. The van der Waals surface area contributed by atoms with Gasteiger partial charge in [-0.25, -0.2) is 9.18 Å². The number of aromatic nitrogens is 1. The van der Waals surface area contributed by atoms with Crippen LogP contribution in [0.5, 0.6) is 0 Å². The molecular weight excluding hydrogens is 325 g/mol. The minimum atomic E-state index is -0.987. The lowest BCUT2D eigenvalue weighted by Crippen LogP contribution is -2.11. The Bertz CT molecular complexity index is 774. The lowest BCUT2D eigenvalue weighted by atomic mass is 9.89. The third-order valence-corrected chi connectivity index (χ3v) is 5.12. The molecule has 2 atom stereocenters. The first-order valence-corrected chi connectivity index (χ1v) is 7.41. The summed E-state index contributed by atoms with van der Waals surface area (Å²) in [5.41, 5.74) is 2.56. The largest absolute Gasteiger partial charge is 0.478 e. The monoisotopic (exact) mass is 335 g/mol. The number of carbonyl (C=O) groups is 1. The van der Waals surface area contributed by atoms with Crippen LogP contribution in [0.2, 0.25) is 0 Å². The average molecular weight is 336 g/mol. The Morgan fingerprint density at radius 1 is 1.35 bits per heavy atom. The van der Waals surface area contributed by atoms with Gasteiger partial charge >= 0.3 is 5.97 Å². The number of halogens is 2. The second kappa shape index (κ2) is 4.01. The minimum absolute atomic E-state index is 0.248. The van der Waals surface area contributed by atoms with Crippen molar-refractivity contribution in [2.24, 2.45) is 0 Å². The van der Waals surface area contributed by atoms with Crippen molar-refractivity contribution in [3.63, 3.8) is 0 Å². The summed E-state index contributed by atoms with van der Waals surface area (Å²) in [6, 6.07) is 2.61. The molecule has 1 heterocycles. The number of pyridine rings is 1. The molecule has 0 spiro atoms. The van der Waals surface area contributed by atoms with Crippen molar-refractivity contribution in [2.45, 2.75) is 31.1 Å². The van der Waals surface area contributed by atoms with E-state index in [4.69, 9.17) is 0 Å². The number of hydrogen-bond donors (Lipinski definition) is 1. The van der Waals surface area contributed by atoms with Gasteiger partial charge in [0.2, 0.25) is 0 Å². The summed E-state index contributed by atoms with van der Waals surface area (Å²) in [5, 5.41) is 9.99. The summed E-state index contributed by atoms with van der Waals surface area (Å²) in [6.45, 7) is 0. The Kier molecular flexibility index (Phi) is 2.46. The lowest BCUT2D eigenvalue weighted by molar-refractivity contribution is 0.0697. The maximum absolute atomic E-state index is 13.6. The fraction of sp³-hybridized carbons (Fsp3) is 0.333. The van der Waals surface area contributed by atoms with Gasteiger partial charge in [0, 0.05) is 21.5 Å². The van der Waals surface area contributed by atoms with Gasteiger partial charge in [-0.2, -0.15) is 0 Å². The van der Waals surface area contributed by atoms with Gasteiger partial charge in [0.15, 0.2) is 0 Å². The van der Waals surface area contributed by atoms with Crippen LogP contribution in [0.25, 0.3) is 10.9 Å². The van der Waals surface area contributed by atoms with Gasteiger partial charge in [-0.15, -0.1) is 0 Å². The molecule has 4 rings (SSSR count). The summed E-state index contributed by atoms with van der Waals surface area (Å²) in [5.74, 6) is -0.787. The molecule has 1 aromatic carbocycles. The first kappa shape index (κ1) is 12.3. The molecule has 2 aliphatic carbocycles. The third kappa shape index (κ3) is 1.50. The highest BCUT2D eigenvalue weighted by Crippen LogP contribution is 2.54. The predicted octanol–water partition coefficient (Wildman–Crippen LogP) is 4.20. The van der Waals surface area contributed by atoms with E-state index < -0.39 is 11.8 Å². The molecule has 2 unspecified atom stereocenters. The van der Waals surface area contributed by atoms with Crippen molar-refractivity contribution in [3.8, 4) is 0 Å². The topological polar surface area (TPSA) is 50.2 Å². The maximum Gasteiger partial charge on any atom is 0.336 e. The molecule has 0 radical (unpaired) electrons. The molecule has 1 N–H and O–H groups in total. The number of nitrogens with zero attached hydrogens (tertiary/aromatic N) is 1. The smallest absolute Gasteiger partial charge is 0.336 e. The molecule has 0 aliphatic heterocycles. The second-order valence-corrected chi connectivity index (χ2v) is 6.44. The SMILES string of the molecule is O=C(O)c1c2c(nc3c(Br)cc(F)cc13)C1CCC2C1. The minimum Gasteiger partial charge on any atom is -0.478 e. The number of hydrogen-bond acceptors (Lipinski definition) is 2. The predicted molar refractivity (Wildman–Crippen MR) is 75.7 cm³/mol. The van der Waals surface area contributed by atoms with Gasteiger partial charge < -0.3 is 5.11 Å². The molecule has 1 aromatic heterocycles. The molecule has 2 bridgehead atoms. The Hall–Kier alpha value is -1.49. The van der Waals surface area contributed by atoms with Crippen molar-refractivity contribution >= 4 is 32.8 Å². The van der Waals surface area contributed by atoms with Gasteiger partial charge in [-0.1, -0.05) is 0 Å². The van der Waals surface area contributed by atoms with E-state index >= 15 is 0 Å². The van der Waals surface area contributed by atoms with Gasteiger partial charge in [-0.3, -0.25) is 4.98 Å². The van der Waals surface area contributed by atoms with Crippen LogP contribution >= 0.6 is 15.9 Å². The van der Waals surface area contributed by atoms with Crippen LogP contribution in [-0.4, -0.2) is 16.1 Å². The molecular formula is C15H11BrFNO2. The molecule has 1 saturated carbocycles. The van der Waals surface area contributed by atoms with Crippen molar-refractivity contribution < 1.29 is 14.3 Å². The van der Waals surface area contributed by atoms with E-state index in [0.717, 1.165) is 30.5 Å². The molecule has 5 heteroatoms. The molecule has 0 saturated heterocycles. The Morgan fingerprint density at radius 2 is 2.10 bits per heavy atom. The average Bonchev–Trinajstić information content (AvgIpc) is 2.97. The summed E-state index contributed by atoms with van der Waals surface area (Å²) in [7, 11) is 0. The van der Waals surface area contributed by atoms with E-state index in [1.54, 1.807) is 0 Å². The Balaban J connectivity index is 2.18. The van der Waals surface area contributed by atoms with Crippen LogP contribution in [0.15, 0.2) is 16.6 Å². The van der Waals surface area contributed by atoms with E-state index in [1.807, 2.05) is 0 Å². The fourth-order valence-electron chi connectivity index (χ4n) is 3.77. The highest BCUT2D eigenvalue weighted by Gasteiger charge is 2.41. The number of fused-ring (bicyclic) bond motifs is 6. The van der Waals surface area contributed by atoms with E-state index in [1.165, 1.54) is 12.1 Å². The van der Waals surface area contributed by atoms with E-state index in [9.17, 15) is 14.3 Å². The van der Waals surface area contributed by atoms with Crippen molar-refractivity contribution in [2.75, 3.05) is 0 Å². The van der Waals surface area contributed by atoms with E-state index in [0.29, 0.717) is 21.3 Å². The molecule has 0 amide bonds. The number of rotatable bonds is 1. The Morgan fingerprint density at radius 3 is 2.85 bits per heavy atom. The highest BCUT2D eigenvalue weighted by atomic mass is 79.9. The quantitative estimate of drug-likeness (QED) is 0.849. The normalized spacial score (nSPS) is 23.3. The fourth-order valence-corrected chi connectivity index (χ4v) is 4.29. The zero-order valence-electron chi connectivity index (χ0n) is 10.5. The van der Waals surface area contributed by atoms with Crippen LogP contribution in [0.4, 0.5) is 4.39 Å². The molecule has 2 aliphatic rings. The van der Waals surface area contributed by atoms with E-state index in [2.05, 4.69) is 20.9 Å². The van der Waals surface area contributed by atoms with Gasteiger partial charge in [-0.05, 0) is 58.8 Å². The maximum atomic E-state index is 13.6.